The molecule has 3 aliphatic rings. The first-order valence-electron chi connectivity index (χ1n) is 19.8. The van der Waals surface area contributed by atoms with Gasteiger partial charge in [-0.1, -0.05) is 142 Å². The van der Waals surface area contributed by atoms with Crippen molar-refractivity contribution < 1.29 is 9.53 Å². The number of nitriles is 1. The van der Waals surface area contributed by atoms with Crippen molar-refractivity contribution in [1.29, 1.82) is 5.26 Å². The van der Waals surface area contributed by atoms with Crippen molar-refractivity contribution in [2.24, 2.45) is 9.98 Å². The number of allylic oxidation sites excluding steroid dienone is 3. The van der Waals surface area contributed by atoms with Crippen LogP contribution in [-0.2, 0) is 5.41 Å². The van der Waals surface area contributed by atoms with Crippen LogP contribution in [0, 0.1) is 11.5 Å². The van der Waals surface area contributed by atoms with Crippen LogP contribution in [0.2, 0.25) is 0 Å². The number of amides is 2. The van der Waals surface area contributed by atoms with Gasteiger partial charge in [-0.3, -0.25) is 0 Å². The van der Waals surface area contributed by atoms with Crippen LogP contribution in [0.4, 0.5) is 16.2 Å². The maximum atomic E-state index is 11.8. The highest BCUT2D eigenvalue weighted by atomic mass is 16.5. The molecule has 2 atom stereocenters. The molecule has 0 saturated heterocycles. The summed E-state index contributed by atoms with van der Waals surface area (Å²) in [4.78, 5) is 22.2. The Morgan fingerprint density at radius 2 is 1.38 bits per heavy atom. The van der Waals surface area contributed by atoms with Gasteiger partial charge in [0.05, 0.1) is 11.4 Å². The first-order chi connectivity index (χ1) is 28.2. The molecule has 282 valence electrons. The summed E-state index contributed by atoms with van der Waals surface area (Å²) in [5, 5.41) is 9.46. The van der Waals surface area contributed by atoms with E-state index in [1.807, 2.05) is 31.4 Å². The second kappa shape index (κ2) is 14.8. The van der Waals surface area contributed by atoms with Gasteiger partial charge in [0.1, 0.15) is 5.75 Å². The van der Waals surface area contributed by atoms with Gasteiger partial charge in [0.2, 0.25) is 0 Å². The lowest BCUT2D eigenvalue weighted by Gasteiger charge is -2.31. The van der Waals surface area contributed by atoms with Gasteiger partial charge in [0, 0.05) is 39.9 Å². The van der Waals surface area contributed by atoms with Crippen LogP contribution in [0.15, 0.2) is 173 Å². The van der Waals surface area contributed by atoms with Crippen molar-refractivity contribution in [3.63, 3.8) is 0 Å². The molecule has 1 aliphatic heterocycles. The second-order valence-electron chi connectivity index (χ2n) is 15.7. The fourth-order valence-electron chi connectivity index (χ4n) is 8.84. The van der Waals surface area contributed by atoms with Crippen molar-refractivity contribution in [2.75, 3.05) is 4.90 Å². The Balaban J connectivity index is 1.01. The minimum absolute atomic E-state index is 0.107. The minimum atomic E-state index is -0.503. The molecule has 2 unspecified atom stereocenters. The van der Waals surface area contributed by atoms with Crippen molar-refractivity contribution >= 4 is 28.8 Å². The molecule has 0 N–H and O–H groups in total. The van der Waals surface area contributed by atoms with Gasteiger partial charge in [0.15, 0.2) is 0 Å². The smallest absolute Gasteiger partial charge is 0.367 e. The zero-order chi connectivity index (χ0) is 40.0. The number of aliphatic imine (C=N–C) groups is 2. The first-order valence-corrected chi connectivity index (χ1v) is 19.8. The molecule has 9 rings (SSSR count). The van der Waals surface area contributed by atoms with Gasteiger partial charge < -0.3 is 9.64 Å². The summed E-state index contributed by atoms with van der Waals surface area (Å²) in [5.41, 5.74) is 16.0. The number of carbonyl (C=O) groups excluding carboxylic acids is 1. The number of fused-ring (bicyclic) bond motifs is 3. The van der Waals surface area contributed by atoms with Gasteiger partial charge in [-0.25, -0.2) is 4.79 Å². The number of rotatable bonds is 9. The minimum Gasteiger partial charge on any atom is -0.388 e. The molecule has 0 aromatic heterocycles. The van der Waals surface area contributed by atoms with Crippen molar-refractivity contribution in [3.8, 4) is 45.4 Å². The number of anilines is 2. The third-order valence-electron chi connectivity index (χ3n) is 12.0. The SMILES string of the molecule is CC1=NC(=O)N=C1C(C)c1ccc(-c2ccc(-c3ccc(N(C4=CCC(c5ccccc5)C=C4)c4ccc5c(c4)C(C)(C)c4ccccc4-5)cc3)cc2)cc1OC#N. The van der Waals surface area contributed by atoms with E-state index in [9.17, 15) is 10.1 Å². The van der Waals surface area contributed by atoms with Crippen LogP contribution in [0.3, 0.4) is 0 Å². The maximum Gasteiger partial charge on any atom is 0.367 e. The summed E-state index contributed by atoms with van der Waals surface area (Å²) in [5.74, 6) is 0.509. The molecule has 1 heterocycles. The van der Waals surface area contributed by atoms with E-state index < -0.39 is 6.03 Å². The van der Waals surface area contributed by atoms with E-state index in [1.165, 1.54) is 27.8 Å². The Labute approximate surface area is 339 Å². The van der Waals surface area contributed by atoms with E-state index >= 15 is 0 Å². The van der Waals surface area contributed by atoms with E-state index in [2.05, 4.69) is 168 Å². The number of nitrogens with zero attached hydrogens (tertiary/aromatic N) is 4. The monoisotopic (exact) mass is 754 g/mol. The van der Waals surface area contributed by atoms with Crippen LogP contribution in [0.1, 0.15) is 68.2 Å². The summed E-state index contributed by atoms with van der Waals surface area (Å²) in [6, 6.07) is 49.0. The largest absolute Gasteiger partial charge is 0.388 e. The maximum absolute atomic E-state index is 11.8. The van der Waals surface area contributed by atoms with Gasteiger partial charge in [-0.05, 0) is 99.8 Å². The Morgan fingerprint density at radius 1 is 0.741 bits per heavy atom. The van der Waals surface area contributed by atoms with Crippen LogP contribution < -0.4 is 9.64 Å². The Kier molecular flexibility index (Phi) is 9.30. The summed E-state index contributed by atoms with van der Waals surface area (Å²) in [6.45, 7) is 8.37. The van der Waals surface area contributed by atoms with Gasteiger partial charge in [-0.2, -0.15) is 9.98 Å². The Hall–Kier alpha value is -7.10. The average Bonchev–Trinajstić information content (AvgIpc) is 3.72. The highest BCUT2D eigenvalue weighted by Crippen LogP contribution is 2.50. The summed E-state index contributed by atoms with van der Waals surface area (Å²) < 4.78 is 5.43. The highest BCUT2D eigenvalue weighted by Gasteiger charge is 2.36. The molecule has 2 aliphatic carbocycles. The molecule has 6 aromatic rings. The first kappa shape index (κ1) is 36.5. The molecule has 0 bridgehead atoms. The van der Waals surface area contributed by atoms with Crippen molar-refractivity contribution in [2.45, 2.75) is 51.4 Å². The molecular formula is C52H42N4O2. The molecular weight excluding hydrogens is 713 g/mol. The zero-order valence-electron chi connectivity index (χ0n) is 33.0. The molecule has 2 amide bonds. The average molecular weight is 755 g/mol. The third-order valence-corrected chi connectivity index (χ3v) is 12.0. The van der Waals surface area contributed by atoms with Crippen molar-refractivity contribution in [1.82, 2.24) is 0 Å². The van der Waals surface area contributed by atoms with E-state index in [-0.39, 0.29) is 11.3 Å². The van der Waals surface area contributed by atoms with Crippen LogP contribution in [-0.4, -0.2) is 17.5 Å². The van der Waals surface area contributed by atoms with Crippen LogP contribution in [0.25, 0.3) is 33.4 Å². The van der Waals surface area contributed by atoms with Crippen molar-refractivity contribution in [3.05, 3.63) is 186 Å². The van der Waals surface area contributed by atoms with E-state index in [4.69, 9.17) is 4.74 Å². The van der Waals surface area contributed by atoms with Crippen LogP contribution in [0.5, 0.6) is 5.75 Å². The molecule has 6 aromatic carbocycles. The number of benzene rings is 6. The van der Waals surface area contributed by atoms with Crippen LogP contribution >= 0.6 is 0 Å². The summed E-state index contributed by atoms with van der Waals surface area (Å²) in [6.07, 6.45) is 9.74. The van der Waals surface area contributed by atoms with Gasteiger partial charge >= 0.3 is 6.03 Å². The Bertz CT molecular complexity index is 2750. The molecule has 6 nitrogen and oxygen atoms in total. The molecule has 6 heteroatoms. The van der Waals surface area contributed by atoms with Gasteiger partial charge in [0.25, 0.3) is 6.26 Å². The number of ether oxygens (including phenoxy) is 1. The predicted octanol–water partition coefficient (Wildman–Crippen LogP) is 13.1. The lowest BCUT2D eigenvalue weighted by atomic mass is 9.82. The fourth-order valence-corrected chi connectivity index (χ4v) is 8.84. The second-order valence-corrected chi connectivity index (χ2v) is 15.7. The topological polar surface area (TPSA) is 78.1 Å². The number of hydrogen-bond donors (Lipinski definition) is 0. The number of urea groups is 1. The lowest BCUT2D eigenvalue weighted by Crippen LogP contribution is -2.19. The molecule has 58 heavy (non-hydrogen) atoms. The quantitative estimate of drug-likeness (QED) is 0.138. The summed E-state index contributed by atoms with van der Waals surface area (Å²) in [7, 11) is 0. The lowest BCUT2D eigenvalue weighted by molar-refractivity contribution is 0.257. The van der Waals surface area contributed by atoms with Gasteiger partial charge in [-0.15, -0.1) is 5.26 Å². The van der Waals surface area contributed by atoms with E-state index in [0.717, 1.165) is 51.3 Å². The zero-order valence-corrected chi connectivity index (χ0v) is 33.0. The Morgan fingerprint density at radius 3 is 2.05 bits per heavy atom. The molecule has 0 spiro atoms. The molecule has 0 saturated carbocycles. The predicted molar refractivity (Wildman–Crippen MR) is 235 cm³/mol. The van der Waals surface area contributed by atoms with E-state index in [0.29, 0.717) is 23.1 Å². The molecule has 0 fully saturated rings. The number of hydrogen-bond acceptors (Lipinski definition) is 4. The molecule has 0 radical (unpaired) electrons. The highest BCUT2D eigenvalue weighted by molar-refractivity contribution is 6.48. The summed E-state index contributed by atoms with van der Waals surface area (Å²) >= 11 is 0. The van der Waals surface area contributed by atoms with E-state index in [1.54, 1.807) is 6.92 Å². The standard InChI is InChI=1S/C52H42N4O2/c1-33(50-34(2)54-51(57)55-50)44-28-22-40(30-49(44)58-32-53)39-16-14-36(15-17-39)38-20-25-42(26-21-38)56(41-23-18-37(19-24-41)35-10-6-5-7-11-35)43-27-29-46-45-12-8-9-13-47(45)52(3,4)48(46)31-43/h5-18,20-31,33,37H,19H2,1-4H3. The fraction of sp³-hybridized carbons (Fsp3) is 0.154. The third kappa shape index (κ3) is 6.55. The normalized spacial score (nSPS) is 16.7. The number of carbonyl (C=O) groups is 1.